The van der Waals surface area contributed by atoms with Gasteiger partial charge in [-0.1, -0.05) is 18.3 Å². The van der Waals surface area contributed by atoms with Crippen LogP contribution in [0.3, 0.4) is 0 Å². The average molecular weight is 194 g/mol. The van der Waals surface area contributed by atoms with E-state index in [0.717, 1.165) is 20.3 Å². The first-order chi connectivity index (χ1) is 5.77. The summed E-state index contributed by atoms with van der Waals surface area (Å²) in [4.78, 5) is 0.904. The average Bonchev–Trinajstić information content (AvgIpc) is 2.04. The first-order valence-corrected chi connectivity index (χ1v) is 4.29. The number of benzene rings is 1. The van der Waals surface area contributed by atoms with Crippen LogP contribution in [0.15, 0.2) is 29.3 Å². The topological polar surface area (TPSA) is 28.7 Å². The Labute approximate surface area is 80.0 Å². The predicted molar refractivity (Wildman–Crippen MR) is 54.2 cm³/mol. The molecular weight excluding hydrogens is 188 g/mol. The predicted octanol–water partition coefficient (Wildman–Crippen LogP) is 2.58. The fraction of sp³-hybridized carbons (Fsp3) is 0. The summed E-state index contributed by atoms with van der Waals surface area (Å²) in [5, 5.41) is 7.77. The Bertz CT molecular complexity index is 476. The van der Waals surface area contributed by atoms with E-state index < -0.39 is 0 Å². The fourth-order valence-corrected chi connectivity index (χ4v) is 1.50. The van der Waals surface area contributed by atoms with E-state index in [9.17, 15) is 0 Å². The third-order valence-corrected chi connectivity index (χ3v) is 2.24. The number of fused-ring (bicyclic) bond motifs is 1. The summed E-state index contributed by atoms with van der Waals surface area (Å²) in [7, 11) is 0. The van der Waals surface area contributed by atoms with E-state index in [1.54, 1.807) is 6.20 Å². The number of aromatic nitrogens is 2. The second-order valence-electron chi connectivity index (χ2n) is 2.46. The first-order valence-electron chi connectivity index (χ1n) is 3.44. The normalized spacial score (nSPS) is 10.4. The molecule has 0 aliphatic rings. The third-order valence-electron chi connectivity index (χ3n) is 1.64. The monoisotopic (exact) mass is 194 g/mol. The second-order valence-corrected chi connectivity index (χ2v) is 3.42. The number of hydrogen-bond donors (Lipinski definition) is 2. The Morgan fingerprint density at radius 2 is 2.25 bits per heavy atom. The van der Waals surface area contributed by atoms with Gasteiger partial charge in [-0.25, -0.2) is 0 Å². The minimum atomic E-state index is 0.761. The molecule has 12 heavy (non-hydrogen) atoms. The highest BCUT2D eigenvalue weighted by atomic mass is 32.1. The van der Waals surface area contributed by atoms with Crippen LogP contribution in [0.4, 0.5) is 0 Å². The number of aromatic amines is 1. The fourth-order valence-electron chi connectivity index (χ4n) is 1.07. The molecule has 0 amide bonds. The summed E-state index contributed by atoms with van der Waals surface area (Å²) in [6, 6.07) is 5.76. The van der Waals surface area contributed by atoms with Crippen molar-refractivity contribution in [1.82, 2.24) is 10.2 Å². The zero-order chi connectivity index (χ0) is 8.55. The molecule has 1 heterocycles. The smallest absolute Gasteiger partial charge is 0.0671 e. The first kappa shape index (κ1) is 7.76. The van der Waals surface area contributed by atoms with Gasteiger partial charge in [0.15, 0.2) is 0 Å². The molecule has 0 fully saturated rings. The van der Waals surface area contributed by atoms with E-state index in [2.05, 4.69) is 22.8 Å². The van der Waals surface area contributed by atoms with Gasteiger partial charge in [-0.3, -0.25) is 5.10 Å². The van der Waals surface area contributed by atoms with Gasteiger partial charge in [0.25, 0.3) is 0 Å². The van der Waals surface area contributed by atoms with Crippen LogP contribution in [0.2, 0.25) is 0 Å². The molecule has 0 saturated heterocycles. The molecular formula is C8H6N2S2. The van der Waals surface area contributed by atoms with Crippen molar-refractivity contribution < 1.29 is 0 Å². The lowest BCUT2D eigenvalue weighted by Gasteiger charge is -1.97. The van der Waals surface area contributed by atoms with Crippen LogP contribution in [0, 0.1) is 4.51 Å². The summed E-state index contributed by atoms with van der Waals surface area (Å²) >= 11 is 9.30. The van der Waals surface area contributed by atoms with Crippen molar-refractivity contribution in [3.05, 3.63) is 28.9 Å². The molecule has 0 radical (unpaired) electrons. The Morgan fingerprint density at radius 1 is 1.42 bits per heavy atom. The lowest BCUT2D eigenvalue weighted by Crippen LogP contribution is -1.83. The standard InChI is InChI=1S/C8H6N2S2/c11-5-1-2-6-7(3-5)10-9-4-8(6)12/h1-4,11H,(H,10,12). The number of thiol groups is 1. The van der Waals surface area contributed by atoms with Crippen molar-refractivity contribution in [1.29, 1.82) is 0 Å². The highest BCUT2D eigenvalue weighted by Crippen LogP contribution is 2.15. The number of rotatable bonds is 0. The van der Waals surface area contributed by atoms with Gasteiger partial charge in [0.2, 0.25) is 0 Å². The van der Waals surface area contributed by atoms with Gasteiger partial charge in [-0.15, -0.1) is 12.6 Å². The number of nitrogens with zero attached hydrogens (tertiary/aromatic N) is 1. The summed E-state index contributed by atoms with van der Waals surface area (Å²) in [6.07, 6.45) is 1.63. The molecule has 1 aromatic carbocycles. The molecule has 1 N–H and O–H groups in total. The van der Waals surface area contributed by atoms with Crippen molar-refractivity contribution in [2.45, 2.75) is 4.90 Å². The van der Waals surface area contributed by atoms with Gasteiger partial charge in [0.1, 0.15) is 0 Å². The third kappa shape index (κ3) is 1.23. The van der Waals surface area contributed by atoms with Crippen molar-refractivity contribution >= 4 is 35.7 Å². The van der Waals surface area contributed by atoms with Gasteiger partial charge >= 0.3 is 0 Å². The van der Waals surface area contributed by atoms with Gasteiger partial charge in [-0.05, 0) is 12.1 Å². The summed E-state index contributed by atoms with van der Waals surface area (Å²) in [5.41, 5.74) is 0.926. The molecule has 4 heteroatoms. The summed E-state index contributed by atoms with van der Waals surface area (Å²) in [5.74, 6) is 0. The molecule has 0 spiro atoms. The molecule has 1 aromatic heterocycles. The van der Waals surface area contributed by atoms with E-state index in [-0.39, 0.29) is 0 Å². The summed E-state index contributed by atoms with van der Waals surface area (Å²) < 4.78 is 0.761. The molecule has 0 aliphatic carbocycles. The van der Waals surface area contributed by atoms with Crippen LogP contribution < -0.4 is 0 Å². The van der Waals surface area contributed by atoms with Crippen LogP contribution in [-0.4, -0.2) is 10.2 Å². The van der Waals surface area contributed by atoms with Gasteiger partial charge in [0.05, 0.1) is 16.2 Å². The maximum atomic E-state index is 5.09. The lowest BCUT2D eigenvalue weighted by atomic mass is 10.2. The maximum absolute atomic E-state index is 5.09. The van der Waals surface area contributed by atoms with Crippen LogP contribution in [0.25, 0.3) is 10.9 Å². The Morgan fingerprint density at radius 3 is 3.08 bits per heavy atom. The quantitative estimate of drug-likeness (QED) is 0.498. The molecule has 0 unspecified atom stereocenters. The highest BCUT2D eigenvalue weighted by molar-refractivity contribution is 7.80. The van der Waals surface area contributed by atoms with Crippen LogP contribution in [0.1, 0.15) is 0 Å². The molecule has 60 valence electrons. The van der Waals surface area contributed by atoms with E-state index in [4.69, 9.17) is 12.2 Å². The van der Waals surface area contributed by atoms with Crippen LogP contribution >= 0.6 is 24.8 Å². The van der Waals surface area contributed by atoms with Crippen LogP contribution in [-0.2, 0) is 0 Å². The van der Waals surface area contributed by atoms with Gasteiger partial charge in [-0.2, -0.15) is 5.10 Å². The Hall–Kier alpha value is -0.870. The van der Waals surface area contributed by atoms with Crippen molar-refractivity contribution in [3.63, 3.8) is 0 Å². The summed E-state index contributed by atoms with van der Waals surface area (Å²) in [6.45, 7) is 0. The highest BCUT2D eigenvalue weighted by Gasteiger charge is 1.94. The maximum Gasteiger partial charge on any atom is 0.0671 e. The number of hydrogen-bond acceptors (Lipinski definition) is 3. The van der Waals surface area contributed by atoms with Crippen molar-refractivity contribution in [2.24, 2.45) is 0 Å². The van der Waals surface area contributed by atoms with E-state index >= 15 is 0 Å². The zero-order valence-electron chi connectivity index (χ0n) is 6.11. The molecule has 2 rings (SSSR count). The van der Waals surface area contributed by atoms with Crippen molar-refractivity contribution in [3.8, 4) is 0 Å². The van der Waals surface area contributed by atoms with Gasteiger partial charge < -0.3 is 0 Å². The Balaban J connectivity index is 2.96. The molecule has 0 atom stereocenters. The zero-order valence-corrected chi connectivity index (χ0v) is 7.82. The molecule has 0 saturated carbocycles. The van der Waals surface area contributed by atoms with E-state index in [1.807, 2.05) is 18.2 Å². The SMILES string of the molecule is S=c1cn[nH]c2cc(S)ccc12. The minimum absolute atomic E-state index is 0.761. The Kier molecular flexibility index (Phi) is 1.86. The molecule has 0 aliphatic heterocycles. The molecule has 2 nitrogen and oxygen atoms in total. The van der Waals surface area contributed by atoms with Gasteiger partial charge in [0, 0.05) is 10.3 Å². The minimum Gasteiger partial charge on any atom is -0.278 e. The van der Waals surface area contributed by atoms with E-state index in [0.29, 0.717) is 0 Å². The lowest BCUT2D eigenvalue weighted by molar-refractivity contribution is 1.07. The number of nitrogens with one attached hydrogen (secondary N) is 1. The van der Waals surface area contributed by atoms with Crippen LogP contribution in [0.5, 0.6) is 0 Å². The van der Waals surface area contributed by atoms with Crippen molar-refractivity contribution in [2.75, 3.05) is 0 Å². The number of H-pyrrole nitrogens is 1. The molecule has 2 aromatic rings. The largest absolute Gasteiger partial charge is 0.278 e. The van der Waals surface area contributed by atoms with E-state index in [1.165, 1.54) is 0 Å². The second kappa shape index (κ2) is 2.88. The molecule has 0 bridgehead atoms.